The Morgan fingerprint density at radius 3 is 2.57 bits per heavy atom. The minimum atomic E-state index is -0.503. The van der Waals surface area contributed by atoms with Crippen molar-refractivity contribution in [3.63, 3.8) is 0 Å². The lowest BCUT2D eigenvalue weighted by atomic mass is 10.2. The summed E-state index contributed by atoms with van der Waals surface area (Å²) in [6, 6.07) is 9.20. The van der Waals surface area contributed by atoms with Crippen molar-refractivity contribution in [1.82, 2.24) is 0 Å². The van der Waals surface area contributed by atoms with E-state index in [4.69, 9.17) is 26.8 Å². The maximum atomic E-state index is 10.8. The first-order valence-corrected chi connectivity index (χ1v) is 6.41. The minimum Gasteiger partial charge on any atom is -0.493 e. The predicted molar refractivity (Wildman–Crippen MR) is 79.1 cm³/mol. The van der Waals surface area contributed by atoms with Crippen LogP contribution >= 0.6 is 11.6 Å². The van der Waals surface area contributed by atoms with Gasteiger partial charge in [-0.2, -0.15) is 0 Å². The van der Waals surface area contributed by atoms with Gasteiger partial charge in [0.05, 0.1) is 18.1 Å². The molecular formula is C14H13ClN2O4. The fourth-order valence-electron chi connectivity index (χ4n) is 1.76. The van der Waals surface area contributed by atoms with Gasteiger partial charge in [-0.25, -0.2) is 0 Å². The van der Waals surface area contributed by atoms with E-state index in [1.165, 1.54) is 25.3 Å². The molecule has 0 aromatic heterocycles. The molecule has 0 aliphatic rings. The van der Waals surface area contributed by atoms with Gasteiger partial charge in [-0.3, -0.25) is 10.1 Å². The van der Waals surface area contributed by atoms with Crippen molar-refractivity contribution in [2.75, 3.05) is 7.11 Å². The normalized spacial score (nSPS) is 10.2. The van der Waals surface area contributed by atoms with Crippen LogP contribution in [0.5, 0.6) is 17.2 Å². The number of nitro benzene ring substituents is 1. The Morgan fingerprint density at radius 1 is 1.19 bits per heavy atom. The monoisotopic (exact) mass is 308 g/mol. The molecule has 2 aromatic rings. The molecule has 0 aliphatic carbocycles. The lowest BCUT2D eigenvalue weighted by molar-refractivity contribution is -0.384. The van der Waals surface area contributed by atoms with Crippen LogP contribution in [0.15, 0.2) is 36.4 Å². The third-order valence-corrected chi connectivity index (χ3v) is 3.06. The van der Waals surface area contributed by atoms with Crippen LogP contribution in [-0.4, -0.2) is 12.0 Å². The van der Waals surface area contributed by atoms with Crippen molar-refractivity contribution in [2.24, 2.45) is 5.73 Å². The number of benzene rings is 2. The second kappa shape index (κ2) is 6.43. The third kappa shape index (κ3) is 3.42. The average Bonchev–Trinajstić information content (AvgIpc) is 2.47. The Labute approximate surface area is 126 Å². The SMILES string of the molecule is COc1cc([N+](=O)[O-])ccc1Oc1cc(Cl)ccc1CN. The smallest absolute Gasteiger partial charge is 0.273 e. The Hall–Kier alpha value is -2.31. The van der Waals surface area contributed by atoms with Gasteiger partial charge in [0.1, 0.15) is 5.75 Å². The standard InChI is InChI=1S/C14H13ClN2O4/c1-20-14-7-11(17(18)19)4-5-12(14)21-13-6-10(15)3-2-9(13)8-16/h2-7H,8,16H2,1H3. The summed E-state index contributed by atoms with van der Waals surface area (Å²) >= 11 is 5.94. The molecule has 0 bridgehead atoms. The molecule has 0 saturated heterocycles. The Morgan fingerprint density at radius 2 is 1.95 bits per heavy atom. The molecule has 0 aliphatic heterocycles. The van der Waals surface area contributed by atoms with Crippen molar-refractivity contribution in [1.29, 1.82) is 0 Å². The van der Waals surface area contributed by atoms with E-state index in [9.17, 15) is 10.1 Å². The van der Waals surface area contributed by atoms with Crippen LogP contribution in [0.2, 0.25) is 5.02 Å². The number of rotatable bonds is 5. The quantitative estimate of drug-likeness (QED) is 0.674. The number of hydrogen-bond donors (Lipinski definition) is 1. The van der Waals surface area contributed by atoms with Gasteiger partial charge < -0.3 is 15.2 Å². The third-order valence-electron chi connectivity index (χ3n) is 2.83. The summed E-state index contributed by atoms with van der Waals surface area (Å²) in [5, 5.41) is 11.3. The highest BCUT2D eigenvalue weighted by atomic mass is 35.5. The Balaban J connectivity index is 2.39. The van der Waals surface area contributed by atoms with Gasteiger partial charge in [0.25, 0.3) is 5.69 Å². The molecule has 0 radical (unpaired) electrons. The molecule has 21 heavy (non-hydrogen) atoms. The number of methoxy groups -OCH3 is 1. The summed E-state index contributed by atoms with van der Waals surface area (Å²) in [4.78, 5) is 10.3. The van der Waals surface area contributed by atoms with Crippen LogP contribution in [0.4, 0.5) is 5.69 Å². The Kier molecular flexibility index (Phi) is 4.62. The van der Waals surface area contributed by atoms with E-state index in [-0.39, 0.29) is 18.0 Å². The van der Waals surface area contributed by atoms with Gasteiger partial charge in [0.2, 0.25) is 0 Å². The topological polar surface area (TPSA) is 87.6 Å². The number of nitro groups is 1. The number of halogens is 1. The van der Waals surface area contributed by atoms with Gasteiger partial charge >= 0.3 is 0 Å². The van der Waals surface area contributed by atoms with E-state index in [0.29, 0.717) is 16.5 Å². The van der Waals surface area contributed by atoms with Crippen molar-refractivity contribution in [2.45, 2.75) is 6.54 Å². The second-order valence-corrected chi connectivity index (χ2v) is 4.59. The number of non-ortho nitro benzene ring substituents is 1. The van der Waals surface area contributed by atoms with Crippen molar-refractivity contribution < 1.29 is 14.4 Å². The van der Waals surface area contributed by atoms with Gasteiger partial charge in [-0.15, -0.1) is 0 Å². The summed E-state index contributed by atoms with van der Waals surface area (Å²) in [5.41, 5.74) is 6.33. The summed E-state index contributed by atoms with van der Waals surface area (Å²) in [6.45, 7) is 0.280. The molecule has 7 heteroatoms. The fourth-order valence-corrected chi connectivity index (χ4v) is 1.93. The first kappa shape index (κ1) is 15.1. The highest BCUT2D eigenvalue weighted by Crippen LogP contribution is 2.36. The van der Waals surface area contributed by atoms with Crippen LogP contribution in [0, 0.1) is 10.1 Å². The molecular weight excluding hydrogens is 296 g/mol. The molecule has 0 amide bonds. The predicted octanol–water partition coefficient (Wildman–Crippen LogP) is 3.51. The van der Waals surface area contributed by atoms with E-state index in [1.54, 1.807) is 18.2 Å². The zero-order chi connectivity index (χ0) is 15.4. The maximum Gasteiger partial charge on any atom is 0.273 e. The van der Waals surface area contributed by atoms with Crippen LogP contribution in [0.25, 0.3) is 0 Å². The molecule has 0 fully saturated rings. The number of ether oxygens (including phenoxy) is 2. The number of hydrogen-bond acceptors (Lipinski definition) is 5. The zero-order valence-corrected chi connectivity index (χ0v) is 12.0. The van der Waals surface area contributed by atoms with Crippen LogP contribution < -0.4 is 15.2 Å². The summed E-state index contributed by atoms with van der Waals surface area (Å²) in [6.07, 6.45) is 0. The average molecular weight is 309 g/mol. The van der Waals surface area contributed by atoms with Gasteiger partial charge in [-0.05, 0) is 18.2 Å². The summed E-state index contributed by atoms with van der Waals surface area (Å²) < 4.78 is 10.8. The van der Waals surface area contributed by atoms with Crippen LogP contribution in [0.1, 0.15) is 5.56 Å². The van der Waals surface area contributed by atoms with E-state index >= 15 is 0 Å². The number of nitrogens with two attached hydrogens (primary N) is 1. The largest absolute Gasteiger partial charge is 0.493 e. The van der Waals surface area contributed by atoms with Gasteiger partial charge in [0, 0.05) is 23.2 Å². The highest BCUT2D eigenvalue weighted by molar-refractivity contribution is 6.30. The summed E-state index contributed by atoms with van der Waals surface area (Å²) in [7, 11) is 1.41. The van der Waals surface area contributed by atoms with Gasteiger partial charge in [-0.1, -0.05) is 17.7 Å². The van der Waals surface area contributed by atoms with Crippen molar-refractivity contribution >= 4 is 17.3 Å². The number of nitrogens with zero attached hydrogens (tertiary/aromatic N) is 1. The first-order chi connectivity index (χ1) is 10.0. The van der Waals surface area contributed by atoms with E-state index in [0.717, 1.165) is 5.56 Å². The lowest BCUT2D eigenvalue weighted by Crippen LogP contribution is -2.00. The van der Waals surface area contributed by atoms with Gasteiger partial charge in [0.15, 0.2) is 11.5 Å². The molecule has 0 unspecified atom stereocenters. The van der Waals surface area contributed by atoms with E-state index in [1.807, 2.05) is 0 Å². The fraction of sp³-hybridized carbons (Fsp3) is 0.143. The maximum absolute atomic E-state index is 10.8. The molecule has 0 spiro atoms. The van der Waals surface area contributed by atoms with Crippen LogP contribution in [0.3, 0.4) is 0 Å². The molecule has 2 aromatic carbocycles. The molecule has 2 N–H and O–H groups in total. The van der Waals surface area contributed by atoms with Crippen molar-refractivity contribution in [3.05, 3.63) is 57.1 Å². The van der Waals surface area contributed by atoms with E-state index in [2.05, 4.69) is 0 Å². The Bertz CT molecular complexity index is 676. The minimum absolute atomic E-state index is 0.0793. The molecule has 0 saturated carbocycles. The second-order valence-electron chi connectivity index (χ2n) is 4.15. The first-order valence-electron chi connectivity index (χ1n) is 6.04. The van der Waals surface area contributed by atoms with E-state index < -0.39 is 4.92 Å². The molecule has 110 valence electrons. The molecule has 2 rings (SSSR count). The molecule has 0 atom stereocenters. The highest BCUT2D eigenvalue weighted by Gasteiger charge is 2.14. The summed E-state index contributed by atoms with van der Waals surface area (Å²) in [5.74, 6) is 1.09. The van der Waals surface area contributed by atoms with Crippen LogP contribution in [-0.2, 0) is 6.54 Å². The lowest BCUT2D eigenvalue weighted by Gasteiger charge is -2.13. The zero-order valence-electron chi connectivity index (χ0n) is 11.2. The molecule has 6 nitrogen and oxygen atoms in total. The molecule has 0 heterocycles. The van der Waals surface area contributed by atoms with Crippen molar-refractivity contribution in [3.8, 4) is 17.2 Å².